The zero-order valence-corrected chi connectivity index (χ0v) is 13.1. The molecule has 1 saturated heterocycles. The van der Waals surface area contributed by atoms with Crippen molar-refractivity contribution < 1.29 is 9.15 Å². The van der Waals surface area contributed by atoms with Gasteiger partial charge in [0.25, 0.3) is 0 Å². The Labute approximate surface area is 129 Å². The fourth-order valence-electron chi connectivity index (χ4n) is 2.57. The Hall–Kier alpha value is -2.05. The quantitative estimate of drug-likeness (QED) is 0.867. The van der Waals surface area contributed by atoms with Crippen LogP contribution in [-0.2, 0) is 4.74 Å². The normalized spacial score (nSPS) is 23.2. The van der Waals surface area contributed by atoms with Gasteiger partial charge in [-0.2, -0.15) is 0 Å². The Balaban J connectivity index is 1.72. The lowest BCUT2D eigenvalue weighted by Crippen LogP contribution is -2.40. The number of hydrogen-bond donors (Lipinski definition) is 0. The van der Waals surface area contributed by atoms with Gasteiger partial charge in [0, 0.05) is 25.4 Å². The first-order valence-corrected chi connectivity index (χ1v) is 7.39. The molecule has 1 aliphatic heterocycles. The molecule has 3 heterocycles. The van der Waals surface area contributed by atoms with Gasteiger partial charge in [-0.3, -0.25) is 4.98 Å². The standard InChI is InChI=1S/C16H20N4O2/c1-11-5-4-8-17-13(11)6-7-15-18-19-16(22-15)14-10-20(3)9-12(2)21-14/h4-8,12,14H,9-10H2,1-3H3/t12-,14-/m1/s1. The number of rotatable bonds is 3. The number of likely N-dealkylation sites (N-methyl/N-ethyl adjacent to an activating group) is 1. The van der Waals surface area contributed by atoms with Crippen LogP contribution in [0.2, 0.25) is 0 Å². The van der Waals surface area contributed by atoms with E-state index in [-0.39, 0.29) is 12.2 Å². The first kappa shape index (κ1) is 14.9. The van der Waals surface area contributed by atoms with Gasteiger partial charge >= 0.3 is 0 Å². The summed E-state index contributed by atoms with van der Waals surface area (Å²) >= 11 is 0. The van der Waals surface area contributed by atoms with Crippen LogP contribution in [0, 0.1) is 6.92 Å². The second-order valence-corrected chi connectivity index (χ2v) is 5.67. The van der Waals surface area contributed by atoms with Gasteiger partial charge in [-0.15, -0.1) is 10.2 Å². The molecule has 1 aliphatic rings. The van der Waals surface area contributed by atoms with Crippen LogP contribution in [0.4, 0.5) is 0 Å². The van der Waals surface area contributed by atoms with Crippen LogP contribution in [0.5, 0.6) is 0 Å². The Morgan fingerprint density at radius 1 is 1.27 bits per heavy atom. The third kappa shape index (κ3) is 3.40. The summed E-state index contributed by atoms with van der Waals surface area (Å²) in [5, 5.41) is 8.16. The van der Waals surface area contributed by atoms with E-state index in [4.69, 9.17) is 9.15 Å². The summed E-state index contributed by atoms with van der Waals surface area (Å²) in [4.78, 5) is 6.51. The summed E-state index contributed by atoms with van der Waals surface area (Å²) in [6.07, 6.45) is 5.41. The van der Waals surface area contributed by atoms with Crippen molar-refractivity contribution in [3.63, 3.8) is 0 Å². The maximum Gasteiger partial charge on any atom is 0.246 e. The molecule has 1 fully saturated rings. The highest BCUT2D eigenvalue weighted by Crippen LogP contribution is 2.23. The minimum absolute atomic E-state index is 0.158. The summed E-state index contributed by atoms with van der Waals surface area (Å²) in [7, 11) is 2.06. The van der Waals surface area contributed by atoms with Gasteiger partial charge in [-0.05, 0) is 38.6 Å². The zero-order valence-electron chi connectivity index (χ0n) is 13.1. The van der Waals surface area contributed by atoms with Gasteiger partial charge in [-0.1, -0.05) is 6.07 Å². The van der Waals surface area contributed by atoms with Crippen LogP contribution in [0.1, 0.15) is 36.1 Å². The number of nitrogens with zero attached hydrogens (tertiary/aromatic N) is 4. The number of ether oxygens (including phenoxy) is 1. The van der Waals surface area contributed by atoms with E-state index >= 15 is 0 Å². The van der Waals surface area contributed by atoms with E-state index in [1.54, 1.807) is 12.3 Å². The number of pyridine rings is 1. The molecular formula is C16H20N4O2. The smallest absolute Gasteiger partial charge is 0.246 e. The largest absolute Gasteiger partial charge is 0.418 e. The third-order valence-electron chi connectivity index (χ3n) is 3.61. The molecule has 6 heteroatoms. The van der Waals surface area contributed by atoms with Crippen LogP contribution in [0.25, 0.3) is 12.2 Å². The highest BCUT2D eigenvalue weighted by molar-refractivity contribution is 5.65. The second kappa shape index (κ2) is 6.37. The number of morpholine rings is 1. The molecule has 0 saturated carbocycles. The van der Waals surface area contributed by atoms with Crippen molar-refractivity contribution in [2.24, 2.45) is 0 Å². The van der Waals surface area contributed by atoms with Gasteiger partial charge in [-0.25, -0.2) is 0 Å². The lowest BCUT2D eigenvalue weighted by Gasteiger charge is -2.32. The van der Waals surface area contributed by atoms with Gasteiger partial charge in [0.15, 0.2) is 0 Å². The molecule has 0 aliphatic carbocycles. The third-order valence-corrected chi connectivity index (χ3v) is 3.61. The van der Waals surface area contributed by atoms with Crippen LogP contribution in [0.15, 0.2) is 22.7 Å². The van der Waals surface area contributed by atoms with Gasteiger partial charge in [0.2, 0.25) is 11.8 Å². The molecule has 116 valence electrons. The lowest BCUT2D eigenvalue weighted by atomic mass is 10.2. The van der Waals surface area contributed by atoms with Crippen LogP contribution in [0.3, 0.4) is 0 Å². The van der Waals surface area contributed by atoms with Crippen molar-refractivity contribution in [1.82, 2.24) is 20.1 Å². The van der Waals surface area contributed by atoms with Crippen LogP contribution in [-0.4, -0.2) is 46.3 Å². The van der Waals surface area contributed by atoms with E-state index in [1.165, 1.54) is 0 Å². The molecule has 2 aromatic heterocycles. The van der Waals surface area contributed by atoms with Crippen molar-refractivity contribution in [1.29, 1.82) is 0 Å². The fourth-order valence-corrected chi connectivity index (χ4v) is 2.57. The van der Waals surface area contributed by atoms with E-state index in [2.05, 4.69) is 27.1 Å². The molecule has 0 N–H and O–H groups in total. The minimum atomic E-state index is -0.167. The van der Waals surface area contributed by atoms with Crippen molar-refractivity contribution in [2.75, 3.05) is 20.1 Å². The molecule has 3 rings (SSSR count). The highest BCUT2D eigenvalue weighted by Gasteiger charge is 2.28. The Morgan fingerprint density at radius 2 is 2.14 bits per heavy atom. The SMILES string of the molecule is Cc1cccnc1C=Cc1nnc([C@H]2CN(C)C[C@@H](C)O2)o1. The van der Waals surface area contributed by atoms with E-state index in [0.717, 1.165) is 24.3 Å². The number of aryl methyl sites for hydroxylation is 1. The first-order valence-electron chi connectivity index (χ1n) is 7.39. The molecule has 0 unspecified atom stereocenters. The minimum Gasteiger partial charge on any atom is -0.418 e. The van der Waals surface area contributed by atoms with E-state index in [9.17, 15) is 0 Å². The molecule has 0 bridgehead atoms. The van der Waals surface area contributed by atoms with E-state index in [1.807, 2.05) is 32.1 Å². The Bertz CT molecular complexity index is 658. The first-order chi connectivity index (χ1) is 10.6. The maximum atomic E-state index is 5.86. The molecule has 6 nitrogen and oxygen atoms in total. The second-order valence-electron chi connectivity index (χ2n) is 5.67. The van der Waals surface area contributed by atoms with Gasteiger partial charge in [0.1, 0.15) is 6.10 Å². The number of aromatic nitrogens is 3. The van der Waals surface area contributed by atoms with Crippen molar-refractivity contribution in [3.8, 4) is 0 Å². The van der Waals surface area contributed by atoms with Crippen molar-refractivity contribution >= 4 is 12.2 Å². The molecule has 0 aromatic carbocycles. The summed E-state index contributed by atoms with van der Waals surface area (Å²) in [6.45, 7) is 5.73. The van der Waals surface area contributed by atoms with Crippen molar-refractivity contribution in [2.45, 2.75) is 26.1 Å². The molecule has 22 heavy (non-hydrogen) atoms. The molecular weight excluding hydrogens is 280 g/mol. The summed E-state index contributed by atoms with van der Waals surface area (Å²) in [5.74, 6) is 0.986. The summed E-state index contributed by atoms with van der Waals surface area (Å²) < 4.78 is 11.6. The topological polar surface area (TPSA) is 64.3 Å². The van der Waals surface area contributed by atoms with Crippen LogP contribution >= 0.6 is 0 Å². The molecule has 0 spiro atoms. The average Bonchev–Trinajstić information content (AvgIpc) is 2.94. The molecule has 0 amide bonds. The predicted octanol–water partition coefficient (Wildman–Crippen LogP) is 2.34. The zero-order chi connectivity index (χ0) is 15.5. The van der Waals surface area contributed by atoms with E-state index in [0.29, 0.717) is 11.8 Å². The Kier molecular flexibility index (Phi) is 4.31. The Morgan fingerprint density at radius 3 is 2.91 bits per heavy atom. The number of hydrogen-bond acceptors (Lipinski definition) is 6. The van der Waals surface area contributed by atoms with Crippen molar-refractivity contribution in [3.05, 3.63) is 41.4 Å². The van der Waals surface area contributed by atoms with Gasteiger partial charge < -0.3 is 14.1 Å². The molecule has 2 atom stereocenters. The monoisotopic (exact) mass is 300 g/mol. The van der Waals surface area contributed by atoms with Gasteiger partial charge in [0.05, 0.1) is 11.8 Å². The van der Waals surface area contributed by atoms with E-state index < -0.39 is 0 Å². The highest BCUT2D eigenvalue weighted by atomic mass is 16.5. The lowest BCUT2D eigenvalue weighted by molar-refractivity contribution is -0.0823. The average molecular weight is 300 g/mol. The van der Waals surface area contributed by atoms with Crippen LogP contribution < -0.4 is 0 Å². The molecule has 0 radical (unpaired) electrons. The fraction of sp³-hybridized carbons (Fsp3) is 0.438. The molecule has 2 aromatic rings. The maximum absolute atomic E-state index is 5.86. The predicted molar refractivity (Wildman–Crippen MR) is 83.0 cm³/mol. The summed E-state index contributed by atoms with van der Waals surface area (Å²) in [5.41, 5.74) is 1.99. The summed E-state index contributed by atoms with van der Waals surface area (Å²) in [6, 6.07) is 3.93.